The van der Waals surface area contributed by atoms with Crippen molar-refractivity contribution in [2.75, 3.05) is 16.5 Å². The Morgan fingerprint density at radius 2 is 0.985 bits per heavy atom. The molecule has 9 rings (SSSR count). The van der Waals surface area contributed by atoms with Gasteiger partial charge in [0.15, 0.2) is 0 Å². The monoisotopic (exact) mass is 885 g/mol. The molecule has 8 aromatic rings. The number of rotatable bonds is 9. The molecule has 1 aliphatic rings. The largest absolute Gasteiger partial charge is 0.457 e. The highest BCUT2D eigenvalue weighted by Gasteiger charge is 2.37. The van der Waals surface area contributed by atoms with E-state index in [4.69, 9.17) is 9.72 Å². The molecular formula is C62H68N4O. The highest BCUT2D eigenvalue weighted by atomic mass is 16.5. The Hall–Kier alpha value is -6.59. The van der Waals surface area contributed by atoms with E-state index in [-0.39, 0.29) is 27.1 Å². The second kappa shape index (κ2) is 16.6. The van der Waals surface area contributed by atoms with Crippen LogP contribution in [0.15, 0.2) is 170 Å². The summed E-state index contributed by atoms with van der Waals surface area (Å²) in [5.74, 6) is 2.45. The van der Waals surface area contributed by atoms with Gasteiger partial charge in [0.1, 0.15) is 17.3 Å². The molecular weight excluding hydrogens is 817 g/mol. The number of anilines is 2. The first-order chi connectivity index (χ1) is 31.6. The minimum absolute atomic E-state index is 0.0151. The van der Waals surface area contributed by atoms with E-state index < -0.39 is 0 Å². The predicted octanol–water partition coefficient (Wildman–Crippen LogP) is 16.3. The molecule has 67 heavy (non-hydrogen) atoms. The molecule has 0 atom stereocenters. The van der Waals surface area contributed by atoms with E-state index in [2.05, 4.69) is 262 Å². The Morgan fingerprint density at radius 3 is 1.61 bits per heavy atom. The van der Waals surface area contributed by atoms with Crippen LogP contribution in [-0.4, -0.2) is 16.2 Å². The standard InChI is InChI=1S/C62H68N4O/c1-58(2,3)45-32-46(59(4,5)6)35-49(34-45)65-41-64(40-56(65)62(12,13)43-24-18-15-19-25-43)48-33-47(60(7,8)9)36-51(38-48)67-50-28-29-53-52-26-20-21-27-54(52)66(55(53)39-50)57-37-44(30-31-63-57)61(10,11)42-22-16-14-17-23-42/h14-40H,41H2,1-13H3. The number of aromatic nitrogens is 2. The smallest absolute Gasteiger partial charge is 0.137 e. The van der Waals surface area contributed by atoms with Crippen LogP contribution in [0, 0.1) is 0 Å². The summed E-state index contributed by atoms with van der Waals surface area (Å²) in [5.41, 5.74) is 12.7. The molecule has 1 aliphatic heterocycles. The first kappa shape index (κ1) is 45.6. The van der Waals surface area contributed by atoms with Crippen molar-refractivity contribution in [3.8, 4) is 17.3 Å². The van der Waals surface area contributed by atoms with Crippen LogP contribution in [0.5, 0.6) is 11.5 Å². The Kier molecular flexibility index (Phi) is 11.3. The lowest BCUT2D eigenvalue weighted by Crippen LogP contribution is -2.34. The van der Waals surface area contributed by atoms with E-state index in [1.54, 1.807) is 0 Å². The summed E-state index contributed by atoms with van der Waals surface area (Å²) in [4.78, 5) is 9.96. The van der Waals surface area contributed by atoms with Crippen LogP contribution in [0.3, 0.4) is 0 Å². The number of pyridine rings is 1. The molecule has 342 valence electrons. The molecule has 0 saturated heterocycles. The van der Waals surface area contributed by atoms with Gasteiger partial charge >= 0.3 is 0 Å². The molecule has 0 unspecified atom stereocenters. The lowest BCUT2D eigenvalue weighted by Gasteiger charge is -2.36. The number of benzene rings is 6. The van der Waals surface area contributed by atoms with Gasteiger partial charge in [0.2, 0.25) is 0 Å². The van der Waals surface area contributed by atoms with Gasteiger partial charge in [0, 0.05) is 63.2 Å². The molecule has 5 nitrogen and oxygen atoms in total. The number of para-hydroxylation sites is 1. The van der Waals surface area contributed by atoms with Crippen LogP contribution < -0.4 is 14.5 Å². The zero-order valence-electron chi connectivity index (χ0n) is 42.0. The molecule has 0 amide bonds. The molecule has 0 N–H and O–H groups in total. The van der Waals surface area contributed by atoms with Gasteiger partial charge in [-0.05, 0) is 104 Å². The molecule has 6 aromatic carbocycles. The van der Waals surface area contributed by atoms with Gasteiger partial charge in [0.05, 0.1) is 17.7 Å². The summed E-state index contributed by atoms with van der Waals surface area (Å²) in [6.07, 6.45) is 4.32. The number of allylic oxidation sites excluding steroid dienone is 1. The van der Waals surface area contributed by atoms with Crippen molar-refractivity contribution in [2.45, 2.75) is 117 Å². The highest BCUT2D eigenvalue weighted by molar-refractivity contribution is 6.09. The molecule has 0 fully saturated rings. The quantitative estimate of drug-likeness (QED) is 0.145. The molecule has 2 aromatic heterocycles. The van der Waals surface area contributed by atoms with Crippen LogP contribution >= 0.6 is 0 Å². The van der Waals surface area contributed by atoms with E-state index in [0.29, 0.717) is 6.67 Å². The lowest BCUT2D eigenvalue weighted by atomic mass is 9.78. The Morgan fingerprint density at radius 1 is 0.433 bits per heavy atom. The van der Waals surface area contributed by atoms with Crippen LogP contribution in [0.2, 0.25) is 0 Å². The first-order valence-corrected chi connectivity index (χ1v) is 24.0. The fraction of sp³-hybridized carbons (Fsp3) is 0.306. The van der Waals surface area contributed by atoms with E-state index in [1.165, 1.54) is 50.2 Å². The van der Waals surface area contributed by atoms with Crippen LogP contribution in [0.1, 0.15) is 123 Å². The zero-order valence-corrected chi connectivity index (χ0v) is 42.0. The fourth-order valence-corrected chi connectivity index (χ4v) is 9.59. The summed E-state index contributed by atoms with van der Waals surface area (Å²) in [5, 5.41) is 2.33. The minimum Gasteiger partial charge on any atom is -0.457 e. The summed E-state index contributed by atoms with van der Waals surface area (Å²) < 4.78 is 9.32. The topological polar surface area (TPSA) is 33.5 Å². The third-order valence-corrected chi connectivity index (χ3v) is 14.1. The average Bonchev–Trinajstić information content (AvgIpc) is 3.90. The normalized spacial score (nSPS) is 14.0. The zero-order chi connectivity index (χ0) is 47.7. The molecule has 0 aliphatic carbocycles. The fourth-order valence-electron chi connectivity index (χ4n) is 9.59. The van der Waals surface area contributed by atoms with Gasteiger partial charge in [-0.25, -0.2) is 4.98 Å². The molecule has 0 spiro atoms. The van der Waals surface area contributed by atoms with E-state index in [0.717, 1.165) is 39.4 Å². The van der Waals surface area contributed by atoms with Crippen molar-refractivity contribution in [3.05, 3.63) is 203 Å². The summed E-state index contributed by atoms with van der Waals surface area (Å²) in [7, 11) is 0. The summed E-state index contributed by atoms with van der Waals surface area (Å²) >= 11 is 0. The second-order valence-corrected chi connectivity index (χ2v) is 22.8. The van der Waals surface area contributed by atoms with Gasteiger partial charge in [-0.2, -0.15) is 0 Å². The van der Waals surface area contributed by atoms with Crippen molar-refractivity contribution in [3.63, 3.8) is 0 Å². The van der Waals surface area contributed by atoms with Crippen molar-refractivity contribution in [1.82, 2.24) is 9.55 Å². The molecule has 0 radical (unpaired) electrons. The van der Waals surface area contributed by atoms with Crippen molar-refractivity contribution in [2.24, 2.45) is 0 Å². The van der Waals surface area contributed by atoms with Crippen molar-refractivity contribution in [1.29, 1.82) is 0 Å². The predicted molar refractivity (Wildman–Crippen MR) is 284 cm³/mol. The number of hydrogen-bond acceptors (Lipinski definition) is 4. The number of fused-ring (bicyclic) bond motifs is 3. The van der Waals surface area contributed by atoms with Gasteiger partial charge < -0.3 is 14.5 Å². The SMILES string of the molecule is CC(C)(C)c1cc(Oc2ccc3c4ccccc4n(-c4cc(C(C)(C)c5ccccc5)ccn4)c3c2)cc(N2C=C(C(C)(C)c3ccccc3)N(c3cc(C(C)(C)C)cc(C(C)(C)C)c3)C2)c1. The van der Waals surface area contributed by atoms with Gasteiger partial charge in [-0.1, -0.05) is 175 Å². The number of ether oxygens (including phenoxy) is 1. The number of nitrogens with zero attached hydrogens (tertiary/aromatic N) is 4. The molecule has 0 saturated carbocycles. The van der Waals surface area contributed by atoms with Crippen molar-refractivity contribution >= 4 is 33.2 Å². The molecule has 0 bridgehead atoms. The minimum atomic E-state index is -0.295. The first-order valence-electron chi connectivity index (χ1n) is 24.0. The van der Waals surface area contributed by atoms with Crippen LogP contribution in [0.25, 0.3) is 27.6 Å². The summed E-state index contributed by atoms with van der Waals surface area (Å²) in [6.45, 7) is 30.7. The Labute approximate surface area is 399 Å². The third-order valence-electron chi connectivity index (χ3n) is 14.1. The van der Waals surface area contributed by atoms with Gasteiger partial charge in [-0.3, -0.25) is 4.57 Å². The highest BCUT2D eigenvalue weighted by Crippen LogP contribution is 2.45. The third kappa shape index (κ3) is 8.77. The van der Waals surface area contributed by atoms with E-state index >= 15 is 0 Å². The Bertz CT molecular complexity index is 3100. The van der Waals surface area contributed by atoms with Gasteiger partial charge in [0.25, 0.3) is 0 Å². The average molecular weight is 885 g/mol. The van der Waals surface area contributed by atoms with Crippen molar-refractivity contribution < 1.29 is 4.74 Å². The maximum Gasteiger partial charge on any atom is 0.137 e. The van der Waals surface area contributed by atoms with Crippen LogP contribution in [0.4, 0.5) is 11.4 Å². The molecule has 3 heterocycles. The van der Waals surface area contributed by atoms with Gasteiger partial charge in [-0.15, -0.1) is 0 Å². The summed E-state index contributed by atoms with van der Waals surface area (Å²) in [6, 6.07) is 55.2. The van der Waals surface area contributed by atoms with E-state index in [9.17, 15) is 0 Å². The second-order valence-electron chi connectivity index (χ2n) is 22.8. The van der Waals surface area contributed by atoms with E-state index in [1.807, 2.05) is 6.20 Å². The number of hydrogen-bond donors (Lipinski definition) is 0. The maximum atomic E-state index is 7.03. The molecule has 5 heteroatoms. The lowest BCUT2D eigenvalue weighted by molar-refractivity contribution is 0.479. The van der Waals surface area contributed by atoms with Crippen LogP contribution in [-0.2, 0) is 27.1 Å². The maximum absolute atomic E-state index is 7.03. The Balaban J connectivity index is 1.14.